The van der Waals surface area contributed by atoms with Gasteiger partial charge in [-0.25, -0.2) is 9.59 Å². The van der Waals surface area contributed by atoms with E-state index in [0.717, 1.165) is 37.7 Å². The lowest BCUT2D eigenvalue weighted by molar-refractivity contribution is -0.150. The molecule has 2 aromatic rings. The molecule has 3 atom stereocenters. The van der Waals surface area contributed by atoms with E-state index in [1.165, 1.54) is 6.92 Å². The van der Waals surface area contributed by atoms with E-state index in [2.05, 4.69) is 16.0 Å². The number of ether oxygens (including phenoxy) is 3. The summed E-state index contributed by atoms with van der Waals surface area (Å²) in [6.07, 6.45) is 5.27. The lowest BCUT2D eigenvalue weighted by atomic mass is 9.98. The zero-order valence-corrected chi connectivity index (χ0v) is 28.2. The third-order valence-electron chi connectivity index (χ3n) is 7.92. The summed E-state index contributed by atoms with van der Waals surface area (Å²) in [5.74, 6) is -2.24. The van der Waals surface area contributed by atoms with E-state index in [-0.39, 0.29) is 45.1 Å². The maximum absolute atomic E-state index is 13.2. The van der Waals surface area contributed by atoms with Crippen LogP contribution >= 0.6 is 11.6 Å². The van der Waals surface area contributed by atoms with Crippen molar-refractivity contribution >= 4 is 41.4 Å². The molecule has 1 aliphatic carbocycles. The number of hydrogen-bond acceptors (Lipinski definition) is 9. The Bertz CT molecular complexity index is 1340. The van der Waals surface area contributed by atoms with Crippen LogP contribution in [0.3, 0.4) is 0 Å². The summed E-state index contributed by atoms with van der Waals surface area (Å²) in [4.78, 5) is 63.2. The Hall–Kier alpha value is -4.16. The van der Waals surface area contributed by atoms with E-state index in [1.807, 2.05) is 30.3 Å². The van der Waals surface area contributed by atoms with Crippen LogP contribution in [-0.4, -0.2) is 60.6 Å². The molecular formula is C35H47ClN4O8. The number of rotatable bonds is 18. The predicted molar refractivity (Wildman–Crippen MR) is 179 cm³/mol. The maximum Gasteiger partial charge on any atom is 0.407 e. The molecule has 1 aliphatic rings. The molecule has 13 heteroatoms. The van der Waals surface area contributed by atoms with Gasteiger partial charge in [0.05, 0.1) is 6.04 Å². The molecule has 0 spiro atoms. The van der Waals surface area contributed by atoms with Crippen molar-refractivity contribution in [1.82, 2.24) is 16.0 Å². The van der Waals surface area contributed by atoms with Crippen LogP contribution in [0.4, 0.5) is 4.79 Å². The van der Waals surface area contributed by atoms with E-state index < -0.39 is 48.0 Å². The third-order valence-corrected chi connectivity index (χ3v) is 8.29. The second kappa shape index (κ2) is 20.9. The van der Waals surface area contributed by atoms with Crippen molar-refractivity contribution in [3.8, 4) is 0 Å². The van der Waals surface area contributed by atoms with Crippen LogP contribution in [0.15, 0.2) is 54.6 Å². The number of nitrogens with one attached hydrogen (secondary N) is 3. The van der Waals surface area contributed by atoms with E-state index in [9.17, 15) is 24.0 Å². The Morgan fingerprint density at radius 3 is 2.29 bits per heavy atom. The molecular weight excluding hydrogens is 640 g/mol. The van der Waals surface area contributed by atoms with Gasteiger partial charge in [0.1, 0.15) is 31.4 Å². The van der Waals surface area contributed by atoms with Gasteiger partial charge in [-0.3, -0.25) is 14.4 Å². The zero-order chi connectivity index (χ0) is 34.7. The van der Waals surface area contributed by atoms with Gasteiger partial charge in [0.2, 0.25) is 11.8 Å². The van der Waals surface area contributed by atoms with E-state index in [1.54, 1.807) is 24.3 Å². The summed E-state index contributed by atoms with van der Waals surface area (Å²) in [6, 6.07) is 13.1. The molecule has 0 bridgehead atoms. The van der Waals surface area contributed by atoms with E-state index in [4.69, 9.17) is 31.5 Å². The minimum Gasteiger partial charge on any atom is -0.462 e. The number of esters is 2. The summed E-state index contributed by atoms with van der Waals surface area (Å²) in [5, 5.41) is 8.41. The lowest BCUT2D eigenvalue weighted by Crippen LogP contribution is -2.54. The van der Waals surface area contributed by atoms with Gasteiger partial charge in [-0.05, 0) is 69.9 Å². The van der Waals surface area contributed by atoms with Gasteiger partial charge in [-0.15, -0.1) is 0 Å². The molecule has 48 heavy (non-hydrogen) atoms. The molecule has 12 nitrogen and oxygen atoms in total. The third kappa shape index (κ3) is 14.3. The van der Waals surface area contributed by atoms with Crippen molar-refractivity contribution in [3.05, 3.63) is 70.7 Å². The summed E-state index contributed by atoms with van der Waals surface area (Å²) < 4.78 is 16.0. The Morgan fingerprint density at radius 1 is 0.854 bits per heavy atom. The molecule has 1 fully saturated rings. The highest BCUT2D eigenvalue weighted by molar-refractivity contribution is 6.31. The smallest absolute Gasteiger partial charge is 0.407 e. The first-order valence-electron chi connectivity index (χ1n) is 16.5. The summed E-state index contributed by atoms with van der Waals surface area (Å²) >= 11 is 6.09. The van der Waals surface area contributed by atoms with Crippen molar-refractivity contribution in [2.24, 2.45) is 5.73 Å². The molecule has 0 unspecified atom stereocenters. The number of halogens is 1. The molecule has 262 valence electrons. The first-order chi connectivity index (χ1) is 23.1. The molecule has 0 heterocycles. The standard InChI is InChI=1S/C35H47ClN4O8/c1-24(34(44)46-22-25-12-4-2-5-13-25)39-33(43)30(18-10-11-21-38-35(45)47-23-26-14-8-9-17-28(26)36)40-32(42)29(37)19-20-31(41)48-27-15-6-3-7-16-27/h2,4-5,8-9,12-14,17,24,27,29-30H,3,6-7,10-11,15-16,18-23,37H2,1H3,(H,38,45)(H,39,43)(H,40,42)/t24-,29-,30-/m0/s1. The van der Waals surface area contributed by atoms with Crippen LogP contribution in [0.5, 0.6) is 0 Å². The normalized spacial score (nSPS) is 14.9. The van der Waals surface area contributed by atoms with Gasteiger partial charge in [0, 0.05) is 23.6 Å². The molecule has 0 aromatic heterocycles. The van der Waals surface area contributed by atoms with Crippen LogP contribution in [-0.2, 0) is 46.6 Å². The summed E-state index contributed by atoms with van der Waals surface area (Å²) in [5.41, 5.74) is 7.56. The van der Waals surface area contributed by atoms with Crippen LogP contribution in [0.2, 0.25) is 5.02 Å². The van der Waals surface area contributed by atoms with Crippen molar-refractivity contribution in [2.75, 3.05) is 6.54 Å². The first-order valence-corrected chi connectivity index (χ1v) is 16.9. The van der Waals surface area contributed by atoms with Gasteiger partial charge < -0.3 is 35.9 Å². The molecule has 2 aromatic carbocycles. The quantitative estimate of drug-likeness (QED) is 0.100. The van der Waals surface area contributed by atoms with Crippen LogP contribution < -0.4 is 21.7 Å². The molecule has 1 saturated carbocycles. The number of amides is 3. The summed E-state index contributed by atoms with van der Waals surface area (Å²) in [7, 11) is 0. The highest BCUT2D eigenvalue weighted by atomic mass is 35.5. The SMILES string of the molecule is C[C@H](NC(=O)[C@H](CCCCNC(=O)OCc1ccccc1Cl)NC(=O)[C@@H](N)CCC(=O)OC1CCCCC1)C(=O)OCc1ccccc1. The molecule has 0 radical (unpaired) electrons. The number of benzene rings is 2. The topological polar surface area (TPSA) is 175 Å². The second-order valence-corrected chi connectivity index (χ2v) is 12.3. The number of nitrogens with two attached hydrogens (primary N) is 1. The number of carbonyl (C=O) groups is 5. The Morgan fingerprint density at radius 2 is 1.56 bits per heavy atom. The average molecular weight is 687 g/mol. The second-order valence-electron chi connectivity index (χ2n) is 11.9. The van der Waals surface area contributed by atoms with Gasteiger partial charge >= 0.3 is 18.0 Å². The molecule has 0 aliphatic heterocycles. The van der Waals surface area contributed by atoms with Crippen molar-refractivity contribution in [2.45, 2.75) is 109 Å². The van der Waals surface area contributed by atoms with Crippen LogP contribution in [0.1, 0.15) is 82.3 Å². The van der Waals surface area contributed by atoms with E-state index in [0.29, 0.717) is 23.4 Å². The lowest BCUT2D eigenvalue weighted by Gasteiger charge is -2.23. The van der Waals surface area contributed by atoms with Crippen LogP contribution in [0.25, 0.3) is 0 Å². The minimum atomic E-state index is -1.05. The number of unbranched alkanes of at least 4 members (excludes halogenated alkanes) is 1. The van der Waals surface area contributed by atoms with Gasteiger partial charge in [0.15, 0.2) is 0 Å². The largest absolute Gasteiger partial charge is 0.462 e. The van der Waals surface area contributed by atoms with Crippen LogP contribution in [0, 0.1) is 0 Å². The first kappa shape index (κ1) is 38.3. The zero-order valence-electron chi connectivity index (χ0n) is 27.4. The average Bonchev–Trinajstić information content (AvgIpc) is 3.09. The minimum absolute atomic E-state index is 0.0182. The Labute approximate surface area is 286 Å². The molecule has 3 rings (SSSR count). The number of alkyl carbamates (subject to hydrolysis) is 1. The fourth-order valence-electron chi connectivity index (χ4n) is 5.08. The fraction of sp³-hybridized carbons (Fsp3) is 0.514. The highest BCUT2D eigenvalue weighted by Gasteiger charge is 2.27. The Kier molecular flexibility index (Phi) is 16.7. The van der Waals surface area contributed by atoms with Gasteiger partial charge in [-0.2, -0.15) is 0 Å². The van der Waals surface area contributed by atoms with Gasteiger partial charge in [0.25, 0.3) is 0 Å². The molecule has 0 saturated heterocycles. The Balaban J connectivity index is 1.48. The molecule has 5 N–H and O–H groups in total. The van der Waals surface area contributed by atoms with Crippen molar-refractivity contribution in [1.29, 1.82) is 0 Å². The number of carbonyl (C=O) groups excluding carboxylic acids is 5. The monoisotopic (exact) mass is 686 g/mol. The van der Waals surface area contributed by atoms with E-state index >= 15 is 0 Å². The predicted octanol–water partition coefficient (Wildman–Crippen LogP) is 4.45. The number of hydrogen-bond donors (Lipinski definition) is 4. The molecule has 3 amide bonds. The summed E-state index contributed by atoms with van der Waals surface area (Å²) in [6.45, 7) is 1.82. The van der Waals surface area contributed by atoms with Crippen molar-refractivity contribution in [3.63, 3.8) is 0 Å². The highest BCUT2D eigenvalue weighted by Crippen LogP contribution is 2.21. The maximum atomic E-state index is 13.2. The fourth-order valence-corrected chi connectivity index (χ4v) is 5.27. The van der Waals surface area contributed by atoms with Crippen molar-refractivity contribution < 1.29 is 38.2 Å². The van der Waals surface area contributed by atoms with Gasteiger partial charge in [-0.1, -0.05) is 66.6 Å².